The van der Waals surface area contributed by atoms with Crippen molar-refractivity contribution in [1.29, 1.82) is 0 Å². The van der Waals surface area contributed by atoms with Crippen molar-refractivity contribution in [3.05, 3.63) is 53.8 Å². The van der Waals surface area contributed by atoms with E-state index >= 15 is 0 Å². The number of rotatable bonds is 8. The number of nitrogens with zero attached hydrogens (tertiary/aromatic N) is 1. The molecular weight excluding hydrogens is 399 g/mol. The highest BCUT2D eigenvalue weighted by Gasteiger charge is 2.27. The Kier molecular flexibility index (Phi) is 7.07. The van der Waals surface area contributed by atoms with E-state index in [9.17, 15) is 12.8 Å². The van der Waals surface area contributed by atoms with Gasteiger partial charge in [0, 0.05) is 31.7 Å². The summed E-state index contributed by atoms with van der Waals surface area (Å²) >= 11 is 0. The van der Waals surface area contributed by atoms with Gasteiger partial charge in [0.1, 0.15) is 22.2 Å². The van der Waals surface area contributed by atoms with Gasteiger partial charge < -0.3 is 14.2 Å². The molecule has 0 spiro atoms. The average Bonchev–Trinajstić information content (AvgIpc) is 2.74. The van der Waals surface area contributed by atoms with Crippen molar-refractivity contribution in [2.24, 2.45) is 0 Å². The van der Waals surface area contributed by atoms with Gasteiger partial charge in [-0.2, -0.15) is 0 Å². The van der Waals surface area contributed by atoms with Crippen LogP contribution in [0.4, 0.5) is 4.39 Å². The summed E-state index contributed by atoms with van der Waals surface area (Å²) in [5.74, 6) is 0.256. The van der Waals surface area contributed by atoms with E-state index in [1.165, 1.54) is 32.4 Å². The van der Waals surface area contributed by atoms with Gasteiger partial charge in [0.05, 0.1) is 27.4 Å². The Hall–Kier alpha value is -2.20. The Balaban J connectivity index is 1.86. The van der Waals surface area contributed by atoms with Crippen molar-refractivity contribution in [1.82, 2.24) is 9.62 Å². The van der Waals surface area contributed by atoms with Crippen LogP contribution in [0.15, 0.2) is 47.4 Å². The summed E-state index contributed by atoms with van der Waals surface area (Å²) < 4.78 is 58.2. The first-order valence-corrected chi connectivity index (χ1v) is 10.7. The highest BCUT2D eigenvalue weighted by molar-refractivity contribution is 7.89. The van der Waals surface area contributed by atoms with E-state index in [2.05, 4.69) is 9.62 Å². The maximum absolute atomic E-state index is 13.8. The molecule has 158 valence electrons. The van der Waals surface area contributed by atoms with Gasteiger partial charge in [0.25, 0.3) is 0 Å². The third kappa shape index (κ3) is 5.24. The summed E-state index contributed by atoms with van der Waals surface area (Å²) in [6.07, 6.45) is 0. The molecule has 0 aromatic heterocycles. The number of morpholine rings is 1. The SMILES string of the molecule is COc1ccc(OC)c(S(=O)(=O)NCC(c2cccc(F)c2)N2CCOCC2)c1. The van der Waals surface area contributed by atoms with E-state index in [1.54, 1.807) is 24.3 Å². The fourth-order valence-corrected chi connectivity index (χ4v) is 4.54. The average molecular weight is 424 g/mol. The zero-order valence-corrected chi connectivity index (χ0v) is 17.2. The molecule has 9 heteroatoms. The van der Waals surface area contributed by atoms with Crippen LogP contribution in [0.2, 0.25) is 0 Å². The molecule has 0 aliphatic carbocycles. The first-order valence-electron chi connectivity index (χ1n) is 9.23. The van der Waals surface area contributed by atoms with Crippen LogP contribution >= 0.6 is 0 Å². The van der Waals surface area contributed by atoms with Gasteiger partial charge in [-0.15, -0.1) is 0 Å². The van der Waals surface area contributed by atoms with Crippen molar-refractivity contribution in [2.75, 3.05) is 47.1 Å². The monoisotopic (exact) mass is 424 g/mol. The minimum Gasteiger partial charge on any atom is -0.497 e. The van der Waals surface area contributed by atoms with Crippen molar-refractivity contribution >= 4 is 10.0 Å². The van der Waals surface area contributed by atoms with E-state index in [0.717, 1.165) is 0 Å². The molecule has 0 saturated carbocycles. The van der Waals surface area contributed by atoms with Gasteiger partial charge in [-0.1, -0.05) is 12.1 Å². The molecule has 1 atom stereocenters. The standard InChI is InChI=1S/C20H25FN2O5S/c1-26-17-6-7-19(27-2)20(13-17)29(24,25)22-14-18(23-8-10-28-11-9-23)15-4-3-5-16(21)12-15/h3-7,12-13,18,22H,8-11,14H2,1-2H3. The molecular formula is C20H25FN2O5S. The fraction of sp³-hybridized carbons (Fsp3) is 0.400. The van der Waals surface area contributed by atoms with Gasteiger partial charge in [-0.25, -0.2) is 17.5 Å². The fourth-order valence-electron chi connectivity index (χ4n) is 3.32. The summed E-state index contributed by atoms with van der Waals surface area (Å²) in [6, 6.07) is 10.5. The normalized spacial score (nSPS) is 16.4. The van der Waals surface area contributed by atoms with Crippen LogP contribution in [0.3, 0.4) is 0 Å². The van der Waals surface area contributed by atoms with Crippen molar-refractivity contribution < 1.29 is 27.0 Å². The van der Waals surface area contributed by atoms with Gasteiger partial charge >= 0.3 is 0 Å². The Morgan fingerprint density at radius 3 is 2.55 bits per heavy atom. The third-order valence-corrected chi connectivity index (χ3v) is 6.29. The van der Waals surface area contributed by atoms with E-state index < -0.39 is 10.0 Å². The summed E-state index contributed by atoms with van der Waals surface area (Å²) in [4.78, 5) is 2.07. The molecule has 3 rings (SSSR count). The van der Waals surface area contributed by atoms with Crippen molar-refractivity contribution in [3.8, 4) is 11.5 Å². The lowest BCUT2D eigenvalue weighted by molar-refractivity contribution is 0.0171. The van der Waals surface area contributed by atoms with Crippen LogP contribution in [-0.4, -0.2) is 60.4 Å². The lowest BCUT2D eigenvalue weighted by Gasteiger charge is -2.35. The van der Waals surface area contributed by atoms with Crippen LogP contribution in [0.5, 0.6) is 11.5 Å². The maximum Gasteiger partial charge on any atom is 0.244 e. The predicted molar refractivity (Wildman–Crippen MR) is 106 cm³/mol. The van der Waals surface area contributed by atoms with Crippen LogP contribution in [0, 0.1) is 5.82 Å². The molecule has 7 nitrogen and oxygen atoms in total. The highest BCUT2D eigenvalue weighted by atomic mass is 32.2. The number of halogens is 1. The first-order chi connectivity index (χ1) is 13.9. The second-order valence-corrected chi connectivity index (χ2v) is 8.32. The number of benzene rings is 2. The number of hydrogen-bond donors (Lipinski definition) is 1. The Labute approximate surface area is 170 Å². The molecule has 0 radical (unpaired) electrons. The van der Waals surface area contributed by atoms with E-state index in [-0.39, 0.29) is 29.0 Å². The molecule has 1 N–H and O–H groups in total. The lowest BCUT2D eigenvalue weighted by atomic mass is 10.0. The number of ether oxygens (including phenoxy) is 3. The van der Waals surface area contributed by atoms with Crippen LogP contribution in [-0.2, 0) is 14.8 Å². The molecule has 1 aliphatic rings. The second kappa shape index (κ2) is 9.53. The third-order valence-electron chi connectivity index (χ3n) is 4.85. The predicted octanol–water partition coefficient (Wildman–Crippen LogP) is 2.19. The molecule has 1 unspecified atom stereocenters. The molecule has 2 aromatic carbocycles. The number of methoxy groups -OCH3 is 2. The lowest BCUT2D eigenvalue weighted by Crippen LogP contribution is -2.43. The first kappa shape index (κ1) is 21.5. The molecule has 0 amide bonds. The van der Waals surface area contributed by atoms with Crippen molar-refractivity contribution in [3.63, 3.8) is 0 Å². The van der Waals surface area contributed by atoms with Gasteiger partial charge in [-0.05, 0) is 29.8 Å². The maximum atomic E-state index is 13.8. The van der Waals surface area contributed by atoms with Gasteiger partial charge in [0.15, 0.2) is 0 Å². The van der Waals surface area contributed by atoms with Crippen molar-refractivity contribution in [2.45, 2.75) is 10.9 Å². The van der Waals surface area contributed by atoms with Crippen LogP contribution < -0.4 is 14.2 Å². The van der Waals surface area contributed by atoms with Crippen LogP contribution in [0.25, 0.3) is 0 Å². The van der Waals surface area contributed by atoms with E-state index in [1.807, 2.05) is 0 Å². The van der Waals surface area contributed by atoms with E-state index in [0.29, 0.717) is 37.6 Å². The molecule has 29 heavy (non-hydrogen) atoms. The molecule has 1 saturated heterocycles. The molecule has 2 aromatic rings. The minimum absolute atomic E-state index is 0.0145. The zero-order valence-electron chi connectivity index (χ0n) is 16.4. The number of hydrogen-bond acceptors (Lipinski definition) is 6. The highest BCUT2D eigenvalue weighted by Crippen LogP contribution is 2.29. The zero-order chi connectivity index (χ0) is 20.9. The topological polar surface area (TPSA) is 77.1 Å². The summed E-state index contributed by atoms with van der Waals surface area (Å²) in [5.41, 5.74) is 0.701. The Morgan fingerprint density at radius 1 is 1.14 bits per heavy atom. The Morgan fingerprint density at radius 2 is 1.90 bits per heavy atom. The van der Waals surface area contributed by atoms with E-state index in [4.69, 9.17) is 14.2 Å². The summed E-state index contributed by atoms with van der Waals surface area (Å²) in [6.45, 7) is 2.42. The number of sulfonamides is 1. The number of nitrogens with one attached hydrogen (secondary N) is 1. The quantitative estimate of drug-likeness (QED) is 0.700. The summed E-state index contributed by atoms with van der Waals surface area (Å²) in [7, 11) is -1.02. The largest absolute Gasteiger partial charge is 0.497 e. The second-order valence-electron chi connectivity index (χ2n) is 6.59. The molecule has 1 aliphatic heterocycles. The smallest absolute Gasteiger partial charge is 0.244 e. The Bertz CT molecular complexity index is 932. The minimum atomic E-state index is -3.89. The molecule has 1 fully saturated rings. The van der Waals surface area contributed by atoms with Gasteiger partial charge in [0.2, 0.25) is 10.0 Å². The van der Waals surface area contributed by atoms with Crippen LogP contribution in [0.1, 0.15) is 11.6 Å². The molecule has 0 bridgehead atoms. The van der Waals surface area contributed by atoms with Gasteiger partial charge in [-0.3, -0.25) is 4.90 Å². The molecule has 1 heterocycles. The summed E-state index contributed by atoms with van der Waals surface area (Å²) in [5, 5.41) is 0.